The fraction of sp³-hybridized carbons (Fsp3) is 0.700. The van der Waals surface area contributed by atoms with E-state index in [0.717, 1.165) is 0 Å². The standard InChI is InChI=1S/C10H20N2O/c1-8(2)12(9(3)4)10(13)6-7-11-5/h6-9,11H,1-5H3/b7-6+. The van der Waals surface area contributed by atoms with Gasteiger partial charge in [-0.05, 0) is 27.7 Å². The lowest BCUT2D eigenvalue weighted by atomic mass is 10.2. The largest absolute Gasteiger partial charge is 0.394 e. The Labute approximate surface area is 80.8 Å². The number of carbonyl (C=O) groups is 1. The minimum absolute atomic E-state index is 0.0550. The van der Waals surface area contributed by atoms with Gasteiger partial charge >= 0.3 is 0 Å². The number of carbonyl (C=O) groups excluding carboxylic acids is 1. The van der Waals surface area contributed by atoms with Gasteiger partial charge in [-0.2, -0.15) is 0 Å². The summed E-state index contributed by atoms with van der Waals surface area (Å²) in [6, 6.07) is 0.489. The molecule has 76 valence electrons. The lowest BCUT2D eigenvalue weighted by molar-refractivity contribution is -0.129. The van der Waals surface area contributed by atoms with E-state index in [-0.39, 0.29) is 18.0 Å². The zero-order valence-corrected chi connectivity index (χ0v) is 9.16. The molecule has 0 aromatic heterocycles. The van der Waals surface area contributed by atoms with E-state index < -0.39 is 0 Å². The predicted octanol–water partition coefficient (Wildman–Crippen LogP) is 1.36. The Morgan fingerprint density at radius 3 is 2.00 bits per heavy atom. The molecule has 0 aromatic rings. The molecule has 0 spiro atoms. The van der Waals surface area contributed by atoms with Gasteiger partial charge in [0.25, 0.3) is 0 Å². The summed E-state index contributed by atoms with van der Waals surface area (Å²) >= 11 is 0. The van der Waals surface area contributed by atoms with E-state index in [1.165, 1.54) is 0 Å². The smallest absolute Gasteiger partial charge is 0.248 e. The Hall–Kier alpha value is -0.990. The predicted molar refractivity (Wildman–Crippen MR) is 55.3 cm³/mol. The minimum Gasteiger partial charge on any atom is -0.394 e. The fourth-order valence-corrected chi connectivity index (χ4v) is 1.35. The Kier molecular flexibility index (Phi) is 5.19. The first kappa shape index (κ1) is 12.0. The maximum atomic E-state index is 11.6. The average molecular weight is 184 g/mol. The van der Waals surface area contributed by atoms with Crippen molar-refractivity contribution in [1.29, 1.82) is 0 Å². The molecular weight excluding hydrogens is 164 g/mol. The second kappa shape index (κ2) is 5.62. The van der Waals surface area contributed by atoms with Crippen molar-refractivity contribution in [3.8, 4) is 0 Å². The van der Waals surface area contributed by atoms with Gasteiger partial charge in [-0.25, -0.2) is 0 Å². The third-order valence-electron chi connectivity index (χ3n) is 1.76. The van der Waals surface area contributed by atoms with Crippen LogP contribution in [0.1, 0.15) is 27.7 Å². The van der Waals surface area contributed by atoms with Gasteiger partial charge in [0.1, 0.15) is 0 Å². The van der Waals surface area contributed by atoms with Crippen LogP contribution in [-0.4, -0.2) is 29.9 Å². The lowest BCUT2D eigenvalue weighted by Crippen LogP contribution is -2.41. The highest BCUT2D eigenvalue weighted by Gasteiger charge is 2.16. The van der Waals surface area contributed by atoms with Crippen LogP contribution in [0.5, 0.6) is 0 Å². The number of hydrogen-bond acceptors (Lipinski definition) is 2. The molecule has 0 atom stereocenters. The molecule has 0 rings (SSSR count). The molecule has 0 fully saturated rings. The van der Waals surface area contributed by atoms with Crippen molar-refractivity contribution >= 4 is 5.91 Å². The monoisotopic (exact) mass is 184 g/mol. The summed E-state index contributed by atoms with van der Waals surface area (Å²) < 4.78 is 0. The second-order valence-electron chi connectivity index (χ2n) is 3.56. The van der Waals surface area contributed by atoms with Gasteiger partial charge < -0.3 is 10.2 Å². The van der Waals surface area contributed by atoms with Crippen molar-refractivity contribution in [2.75, 3.05) is 7.05 Å². The van der Waals surface area contributed by atoms with Crippen LogP contribution in [0.4, 0.5) is 0 Å². The van der Waals surface area contributed by atoms with E-state index in [2.05, 4.69) is 5.32 Å². The number of amides is 1. The Morgan fingerprint density at radius 1 is 1.23 bits per heavy atom. The van der Waals surface area contributed by atoms with Crippen LogP contribution in [0, 0.1) is 0 Å². The molecular formula is C10H20N2O. The first-order valence-electron chi connectivity index (χ1n) is 4.66. The maximum Gasteiger partial charge on any atom is 0.248 e. The topological polar surface area (TPSA) is 32.3 Å². The fourth-order valence-electron chi connectivity index (χ4n) is 1.35. The molecule has 1 N–H and O–H groups in total. The molecule has 13 heavy (non-hydrogen) atoms. The van der Waals surface area contributed by atoms with Crippen molar-refractivity contribution in [1.82, 2.24) is 10.2 Å². The zero-order chi connectivity index (χ0) is 10.4. The van der Waals surface area contributed by atoms with Crippen molar-refractivity contribution in [2.45, 2.75) is 39.8 Å². The Morgan fingerprint density at radius 2 is 1.69 bits per heavy atom. The van der Waals surface area contributed by atoms with Crippen molar-refractivity contribution < 1.29 is 4.79 Å². The summed E-state index contributed by atoms with van der Waals surface area (Å²) in [4.78, 5) is 13.4. The lowest BCUT2D eigenvalue weighted by Gasteiger charge is -2.29. The number of hydrogen-bond donors (Lipinski definition) is 1. The summed E-state index contributed by atoms with van der Waals surface area (Å²) in [6.07, 6.45) is 3.21. The Bertz CT molecular complexity index is 177. The van der Waals surface area contributed by atoms with E-state index in [4.69, 9.17) is 0 Å². The average Bonchev–Trinajstić information content (AvgIpc) is 1.99. The number of nitrogens with one attached hydrogen (secondary N) is 1. The van der Waals surface area contributed by atoms with Gasteiger partial charge in [0.2, 0.25) is 5.91 Å². The SMILES string of the molecule is CN/C=C/C(=O)N(C(C)C)C(C)C. The van der Waals surface area contributed by atoms with E-state index in [9.17, 15) is 4.79 Å². The first-order valence-corrected chi connectivity index (χ1v) is 4.66. The molecule has 0 unspecified atom stereocenters. The van der Waals surface area contributed by atoms with Crippen LogP contribution in [0.3, 0.4) is 0 Å². The van der Waals surface area contributed by atoms with Crippen LogP contribution in [0.25, 0.3) is 0 Å². The van der Waals surface area contributed by atoms with Crippen LogP contribution in [0.15, 0.2) is 12.3 Å². The molecule has 3 nitrogen and oxygen atoms in total. The summed E-state index contributed by atoms with van der Waals surface area (Å²) in [5.74, 6) is 0.0550. The molecule has 0 heterocycles. The summed E-state index contributed by atoms with van der Waals surface area (Å²) in [5, 5.41) is 2.80. The third kappa shape index (κ3) is 3.97. The van der Waals surface area contributed by atoms with Crippen LogP contribution in [-0.2, 0) is 4.79 Å². The van der Waals surface area contributed by atoms with Crippen LogP contribution >= 0.6 is 0 Å². The molecule has 0 aliphatic carbocycles. The summed E-state index contributed by atoms with van der Waals surface area (Å²) in [5.41, 5.74) is 0. The zero-order valence-electron chi connectivity index (χ0n) is 9.16. The second-order valence-corrected chi connectivity index (χ2v) is 3.56. The molecule has 0 aliphatic rings. The van der Waals surface area contributed by atoms with E-state index in [1.54, 1.807) is 19.3 Å². The van der Waals surface area contributed by atoms with Gasteiger partial charge in [0, 0.05) is 31.4 Å². The molecule has 0 saturated carbocycles. The van der Waals surface area contributed by atoms with E-state index in [0.29, 0.717) is 0 Å². The van der Waals surface area contributed by atoms with Crippen molar-refractivity contribution in [3.05, 3.63) is 12.3 Å². The third-order valence-corrected chi connectivity index (χ3v) is 1.76. The number of rotatable bonds is 4. The minimum atomic E-state index is 0.0550. The first-order chi connectivity index (χ1) is 6.00. The quantitative estimate of drug-likeness (QED) is 0.669. The van der Waals surface area contributed by atoms with Crippen molar-refractivity contribution in [3.63, 3.8) is 0 Å². The molecule has 0 saturated heterocycles. The summed E-state index contributed by atoms with van der Waals surface area (Å²) in [6.45, 7) is 8.08. The molecule has 0 aromatic carbocycles. The highest BCUT2D eigenvalue weighted by molar-refractivity contribution is 5.87. The molecule has 0 aliphatic heterocycles. The summed E-state index contributed by atoms with van der Waals surface area (Å²) in [7, 11) is 1.78. The van der Waals surface area contributed by atoms with Gasteiger partial charge in [0.15, 0.2) is 0 Å². The van der Waals surface area contributed by atoms with Gasteiger partial charge in [-0.3, -0.25) is 4.79 Å². The van der Waals surface area contributed by atoms with Gasteiger partial charge in [-0.15, -0.1) is 0 Å². The highest BCUT2D eigenvalue weighted by Crippen LogP contribution is 2.05. The highest BCUT2D eigenvalue weighted by atomic mass is 16.2. The van der Waals surface area contributed by atoms with Crippen LogP contribution < -0.4 is 5.32 Å². The molecule has 0 bridgehead atoms. The Balaban J connectivity index is 4.38. The molecule has 3 heteroatoms. The molecule has 0 radical (unpaired) electrons. The van der Waals surface area contributed by atoms with Crippen molar-refractivity contribution in [2.24, 2.45) is 0 Å². The van der Waals surface area contributed by atoms with E-state index >= 15 is 0 Å². The van der Waals surface area contributed by atoms with E-state index in [1.807, 2.05) is 32.6 Å². The maximum absolute atomic E-state index is 11.6. The van der Waals surface area contributed by atoms with Gasteiger partial charge in [0.05, 0.1) is 0 Å². The number of nitrogens with zero attached hydrogens (tertiary/aromatic N) is 1. The normalized spacial score (nSPS) is 11.3. The van der Waals surface area contributed by atoms with Gasteiger partial charge in [-0.1, -0.05) is 0 Å². The molecule has 1 amide bonds. The van der Waals surface area contributed by atoms with Crippen LogP contribution in [0.2, 0.25) is 0 Å².